The van der Waals surface area contributed by atoms with Crippen LogP contribution >= 0.6 is 11.8 Å². The molecule has 0 aromatic heterocycles. The van der Waals surface area contributed by atoms with E-state index in [-0.39, 0.29) is 0 Å². The number of rotatable bonds is 2. The summed E-state index contributed by atoms with van der Waals surface area (Å²) >= 11 is 1.82. The Balaban J connectivity index is 2.13. The van der Waals surface area contributed by atoms with E-state index in [1.807, 2.05) is 11.8 Å². The highest BCUT2D eigenvalue weighted by molar-refractivity contribution is 8.14. The van der Waals surface area contributed by atoms with Gasteiger partial charge in [-0.2, -0.15) is 0 Å². The molecule has 1 rings (SSSR count). The minimum absolute atomic E-state index is 0.712. The molecule has 1 heterocycles. The van der Waals surface area contributed by atoms with E-state index < -0.39 is 0 Å². The fourth-order valence-corrected chi connectivity index (χ4v) is 1.48. The molecular weight excluding hydrogens is 144 g/mol. The van der Waals surface area contributed by atoms with Crippen LogP contribution in [0, 0.1) is 5.92 Å². The van der Waals surface area contributed by atoms with Gasteiger partial charge in [0.25, 0.3) is 0 Å². The molecule has 0 unspecified atom stereocenters. The number of amidine groups is 1. The molecule has 0 aromatic rings. The average Bonchev–Trinajstić information content (AvgIpc) is 2.34. The summed E-state index contributed by atoms with van der Waals surface area (Å²) in [6.07, 6.45) is 0. The third-order valence-corrected chi connectivity index (χ3v) is 2.18. The van der Waals surface area contributed by atoms with Crippen molar-refractivity contribution in [2.24, 2.45) is 10.9 Å². The SMILES string of the molecule is CC(C)CNC1=NCCS1. The van der Waals surface area contributed by atoms with Gasteiger partial charge in [0.1, 0.15) is 0 Å². The molecule has 0 aromatic carbocycles. The predicted molar refractivity (Wildman–Crippen MR) is 47.6 cm³/mol. The van der Waals surface area contributed by atoms with Crippen LogP contribution in [0.15, 0.2) is 4.99 Å². The first-order chi connectivity index (χ1) is 4.79. The molecule has 10 heavy (non-hydrogen) atoms. The maximum atomic E-state index is 4.28. The Labute approximate surface area is 66.5 Å². The molecule has 1 aliphatic rings. The zero-order valence-corrected chi connectivity index (χ0v) is 7.37. The van der Waals surface area contributed by atoms with E-state index >= 15 is 0 Å². The Morgan fingerprint density at radius 2 is 2.50 bits per heavy atom. The van der Waals surface area contributed by atoms with E-state index in [1.54, 1.807) is 0 Å². The summed E-state index contributed by atoms with van der Waals surface area (Å²) in [4.78, 5) is 4.28. The summed E-state index contributed by atoms with van der Waals surface area (Å²) in [6.45, 7) is 6.44. The molecular formula is C7H14N2S. The number of aliphatic imine (C=N–C) groups is 1. The van der Waals surface area contributed by atoms with Crippen molar-refractivity contribution >= 4 is 16.9 Å². The van der Waals surface area contributed by atoms with Crippen molar-refractivity contribution in [3.8, 4) is 0 Å². The lowest BCUT2D eigenvalue weighted by Crippen LogP contribution is -2.23. The summed E-state index contributed by atoms with van der Waals surface area (Å²) < 4.78 is 0. The van der Waals surface area contributed by atoms with Crippen molar-refractivity contribution < 1.29 is 0 Å². The molecule has 0 aliphatic carbocycles. The molecule has 0 bridgehead atoms. The number of hydrogen-bond donors (Lipinski definition) is 1. The number of nitrogens with one attached hydrogen (secondary N) is 1. The Kier molecular flexibility index (Phi) is 3.06. The minimum atomic E-state index is 0.712. The van der Waals surface area contributed by atoms with Crippen molar-refractivity contribution in [3.05, 3.63) is 0 Å². The first kappa shape index (κ1) is 7.92. The first-order valence-corrected chi connectivity index (χ1v) is 4.68. The Hall–Kier alpha value is -0.180. The third kappa shape index (κ3) is 2.60. The van der Waals surface area contributed by atoms with E-state index in [0.29, 0.717) is 5.92 Å². The van der Waals surface area contributed by atoms with Crippen LogP contribution < -0.4 is 5.32 Å². The van der Waals surface area contributed by atoms with Gasteiger partial charge in [-0.05, 0) is 5.92 Å². The van der Waals surface area contributed by atoms with E-state index in [0.717, 1.165) is 24.0 Å². The third-order valence-electron chi connectivity index (χ3n) is 1.25. The van der Waals surface area contributed by atoms with E-state index in [4.69, 9.17) is 0 Å². The van der Waals surface area contributed by atoms with Crippen molar-refractivity contribution in [1.29, 1.82) is 0 Å². The van der Waals surface area contributed by atoms with Gasteiger partial charge in [0.15, 0.2) is 5.17 Å². The number of thioether (sulfide) groups is 1. The second-order valence-electron chi connectivity index (χ2n) is 2.81. The van der Waals surface area contributed by atoms with Gasteiger partial charge in [-0.1, -0.05) is 25.6 Å². The summed E-state index contributed by atoms with van der Waals surface area (Å²) in [5.74, 6) is 1.87. The molecule has 1 N–H and O–H groups in total. The molecule has 0 spiro atoms. The van der Waals surface area contributed by atoms with Crippen LogP contribution in [0.25, 0.3) is 0 Å². The zero-order chi connectivity index (χ0) is 7.40. The van der Waals surface area contributed by atoms with Gasteiger partial charge in [0.05, 0.1) is 6.54 Å². The summed E-state index contributed by atoms with van der Waals surface area (Å²) in [7, 11) is 0. The Morgan fingerprint density at radius 1 is 1.70 bits per heavy atom. The standard InChI is InChI=1S/C7H14N2S/c1-6(2)5-9-7-8-3-4-10-7/h6H,3-5H2,1-2H3,(H,8,9). The van der Waals surface area contributed by atoms with Crippen LogP contribution in [0.4, 0.5) is 0 Å². The fraction of sp³-hybridized carbons (Fsp3) is 0.857. The topological polar surface area (TPSA) is 24.4 Å². The molecule has 2 nitrogen and oxygen atoms in total. The molecule has 1 aliphatic heterocycles. The minimum Gasteiger partial charge on any atom is -0.365 e. The highest BCUT2D eigenvalue weighted by Crippen LogP contribution is 2.08. The van der Waals surface area contributed by atoms with Gasteiger partial charge >= 0.3 is 0 Å². The van der Waals surface area contributed by atoms with Crippen LogP contribution in [0.2, 0.25) is 0 Å². The highest BCUT2D eigenvalue weighted by atomic mass is 32.2. The molecule has 0 saturated carbocycles. The van der Waals surface area contributed by atoms with Gasteiger partial charge in [-0.25, -0.2) is 0 Å². The predicted octanol–water partition coefficient (Wildman–Crippen LogP) is 1.33. The Morgan fingerprint density at radius 3 is 3.00 bits per heavy atom. The largest absolute Gasteiger partial charge is 0.365 e. The van der Waals surface area contributed by atoms with Crippen molar-refractivity contribution in [2.45, 2.75) is 13.8 Å². The van der Waals surface area contributed by atoms with E-state index in [9.17, 15) is 0 Å². The van der Waals surface area contributed by atoms with E-state index in [2.05, 4.69) is 24.2 Å². The maximum Gasteiger partial charge on any atom is 0.156 e. The monoisotopic (exact) mass is 158 g/mol. The average molecular weight is 158 g/mol. The van der Waals surface area contributed by atoms with Crippen LogP contribution in [-0.2, 0) is 0 Å². The zero-order valence-electron chi connectivity index (χ0n) is 6.55. The lowest BCUT2D eigenvalue weighted by molar-refractivity contribution is 0.627. The number of nitrogens with zero attached hydrogens (tertiary/aromatic N) is 1. The maximum absolute atomic E-state index is 4.28. The quantitative estimate of drug-likeness (QED) is 0.655. The smallest absolute Gasteiger partial charge is 0.156 e. The second-order valence-corrected chi connectivity index (χ2v) is 3.89. The molecule has 0 saturated heterocycles. The Bertz CT molecular complexity index is 132. The molecule has 0 atom stereocenters. The van der Waals surface area contributed by atoms with Crippen LogP contribution in [0.5, 0.6) is 0 Å². The van der Waals surface area contributed by atoms with Gasteiger partial charge in [-0.3, -0.25) is 4.99 Å². The molecule has 0 fully saturated rings. The molecule has 3 heteroatoms. The molecule has 58 valence electrons. The highest BCUT2D eigenvalue weighted by Gasteiger charge is 2.05. The van der Waals surface area contributed by atoms with Gasteiger partial charge in [0, 0.05) is 12.3 Å². The van der Waals surface area contributed by atoms with Crippen molar-refractivity contribution in [3.63, 3.8) is 0 Å². The van der Waals surface area contributed by atoms with Crippen LogP contribution in [0.3, 0.4) is 0 Å². The normalized spacial score (nSPS) is 17.7. The van der Waals surface area contributed by atoms with Crippen LogP contribution in [0.1, 0.15) is 13.8 Å². The van der Waals surface area contributed by atoms with Crippen LogP contribution in [-0.4, -0.2) is 24.0 Å². The summed E-state index contributed by atoms with van der Waals surface area (Å²) in [6, 6.07) is 0. The summed E-state index contributed by atoms with van der Waals surface area (Å²) in [5, 5.41) is 4.43. The van der Waals surface area contributed by atoms with Gasteiger partial charge in [0.2, 0.25) is 0 Å². The summed E-state index contributed by atoms with van der Waals surface area (Å²) in [5.41, 5.74) is 0. The molecule has 0 radical (unpaired) electrons. The fourth-order valence-electron chi connectivity index (χ4n) is 0.734. The van der Waals surface area contributed by atoms with Gasteiger partial charge < -0.3 is 5.32 Å². The van der Waals surface area contributed by atoms with E-state index in [1.165, 1.54) is 0 Å². The van der Waals surface area contributed by atoms with Crippen molar-refractivity contribution in [1.82, 2.24) is 5.32 Å². The van der Waals surface area contributed by atoms with Crippen molar-refractivity contribution in [2.75, 3.05) is 18.8 Å². The lowest BCUT2D eigenvalue weighted by Gasteiger charge is -2.06. The lowest BCUT2D eigenvalue weighted by atomic mass is 10.2. The molecule has 0 amide bonds. The van der Waals surface area contributed by atoms with Gasteiger partial charge in [-0.15, -0.1) is 0 Å². The second kappa shape index (κ2) is 3.86. The first-order valence-electron chi connectivity index (χ1n) is 3.70. The number of hydrogen-bond acceptors (Lipinski definition) is 3.